The maximum Gasteiger partial charge on any atom is 0.243 e. The number of aliphatic hydroxyl groups is 1. The Morgan fingerprint density at radius 3 is 3.20 bits per heavy atom. The van der Waals surface area contributed by atoms with Crippen molar-refractivity contribution in [3.05, 3.63) is 11.7 Å². The Balaban J connectivity index is 1.45. The van der Waals surface area contributed by atoms with Crippen LogP contribution in [0.2, 0.25) is 0 Å². The molecule has 2 N–H and O–H groups in total. The van der Waals surface area contributed by atoms with Gasteiger partial charge in [0.25, 0.3) is 0 Å². The fourth-order valence-electron chi connectivity index (χ4n) is 3.40. The Hall–Kier alpha value is -1.02. The fourth-order valence-corrected chi connectivity index (χ4v) is 3.40. The fraction of sp³-hybridized carbons (Fsp3) is 0.846. The molecule has 4 heterocycles. The summed E-state index contributed by atoms with van der Waals surface area (Å²) in [6, 6.07) is 0.540. The van der Waals surface area contributed by atoms with Crippen LogP contribution < -0.4 is 5.32 Å². The number of ether oxygens (including phenoxy) is 1. The third-order valence-electron chi connectivity index (χ3n) is 4.54. The first-order valence-electron chi connectivity index (χ1n) is 7.40. The summed E-state index contributed by atoms with van der Waals surface area (Å²) in [5, 5.41) is 16.8. The smallest absolute Gasteiger partial charge is 0.243 e. The second kappa shape index (κ2) is 5.07. The molecule has 3 aliphatic rings. The van der Waals surface area contributed by atoms with Crippen molar-refractivity contribution in [2.45, 2.75) is 43.6 Å². The van der Waals surface area contributed by atoms with E-state index in [1.165, 1.54) is 12.8 Å². The van der Waals surface area contributed by atoms with Crippen molar-refractivity contribution in [2.24, 2.45) is 0 Å². The van der Waals surface area contributed by atoms with Crippen LogP contribution in [0.5, 0.6) is 0 Å². The molecular weight excluding hydrogens is 260 g/mol. The van der Waals surface area contributed by atoms with Gasteiger partial charge in [0.1, 0.15) is 6.10 Å². The van der Waals surface area contributed by atoms with Gasteiger partial charge in [-0.3, -0.25) is 4.90 Å². The molecule has 4 rings (SSSR count). The number of hydrogen-bond acceptors (Lipinski definition) is 7. The van der Waals surface area contributed by atoms with Gasteiger partial charge < -0.3 is 19.7 Å². The summed E-state index contributed by atoms with van der Waals surface area (Å²) in [5.74, 6) is 1.19. The highest BCUT2D eigenvalue weighted by Gasteiger charge is 2.36. The second-order valence-corrected chi connectivity index (χ2v) is 5.95. The summed E-state index contributed by atoms with van der Waals surface area (Å²) in [4.78, 5) is 6.92. The Kier molecular flexibility index (Phi) is 3.22. The monoisotopic (exact) mass is 280 g/mol. The molecule has 1 aromatic rings. The molecule has 0 aliphatic carbocycles. The number of nitrogens with zero attached hydrogens (tertiary/aromatic N) is 3. The summed E-state index contributed by atoms with van der Waals surface area (Å²) < 4.78 is 11.2. The first-order chi connectivity index (χ1) is 9.79. The van der Waals surface area contributed by atoms with Gasteiger partial charge in [0.05, 0.1) is 18.8 Å². The molecule has 7 nitrogen and oxygen atoms in total. The van der Waals surface area contributed by atoms with E-state index >= 15 is 0 Å². The highest BCUT2D eigenvalue weighted by atomic mass is 16.5. The van der Waals surface area contributed by atoms with Gasteiger partial charge in [-0.15, -0.1) is 0 Å². The van der Waals surface area contributed by atoms with E-state index < -0.39 is 0 Å². The van der Waals surface area contributed by atoms with Crippen molar-refractivity contribution in [3.63, 3.8) is 0 Å². The standard InChI is InChI=1S/C13H20N4O3/c18-9-4-10(14-5-9)13-15-12(16-20-13)11-6-17-3-1-2-8(17)7-19-11/h8-11,14,18H,1-7H2/t8?,9?,10-,11?/m0/s1. The maximum atomic E-state index is 9.54. The quantitative estimate of drug-likeness (QED) is 0.789. The first kappa shape index (κ1) is 12.7. The molecule has 1 aromatic heterocycles. The molecule has 110 valence electrons. The number of fused-ring (bicyclic) bond motifs is 1. The number of hydrogen-bond donors (Lipinski definition) is 2. The zero-order valence-electron chi connectivity index (χ0n) is 11.4. The molecule has 20 heavy (non-hydrogen) atoms. The molecule has 3 unspecified atom stereocenters. The van der Waals surface area contributed by atoms with Crippen molar-refractivity contribution in [1.29, 1.82) is 0 Å². The molecule has 3 saturated heterocycles. The Bertz CT molecular complexity index is 480. The predicted octanol–water partition coefficient (Wildman–Crippen LogP) is 0.000600. The van der Waals surface area contributed by atoms with Gasteiger partial charge in [0.2, 0.25) is 11.7 Å². The zero-order valence-corrected chi connectivity index (χ0v) is 11.4. The molecule has 7 heteroatoms. The van der Waals surface area contributed by atoms with Crippen LogP contribution >= 0.6 is 0 Å². The number of β-amino-alcohol motifs (C(OH)–C–C–N with tert-alkyl or cyclic N) is 1. The topological polar surface area (TPSA) is 83.7 Å². The number of nitrogens with one attached hydrogen (secondary N) is 1. The minimum absolute atomic E-state index is 0.0330. The van der Waals surface area contributed by atoms with E-state index in [2.05, 4.69) is 20.4 Å². The molecule has 3 fully saturated rings. The summed E-state index contributed by atoms with van der Waals surface area (Å²) in [7, 11) is 0. The SMILES string of the molecule is OC1CN[C@H](c2nc(C3CN4CCCC4CO3)no2)C1. The van der Waals surface area contributed by atoms with E-state index in [0.29, 0.717) is 30.7 Å². The summed E-state index contributed by atoms with van der Waals surface area (Å²) >= 11 is 0. The van der Waals surface area contributed by atoms with Crippen LogP contribution in [-0.4, -0.2) is 58.5 Å². The molecule has 4 atom stereocenters. The van der Waals surface area contributed by atoms with Crippen LogP contribution in [0.4, 0.5) is 0 Å². The van der Waals surface area contributed by atoms with E-state index in [9.17, 15) is 5.11 Å². The first-order valence-corrected chi connectivity index (χ1v) is 7.40. The third-order valence-corrected chi connectivity index (χ3v) is 4.54. The van der Waals surface area contributed by atoms with Crippen molar-refractivity contribution < 1.29 is 14.4 Å². The van der Waals surface area contributed by atoms with E-state index in [0.717, 1.165) is 19.7 Å². The number of morpholine rings is 1. The van der Waals surface area contributed by atoms with Gasteiger partial charge in [-0.1, -0.05) is 5.16 Å². The average Bonchev–Trinajstić information content (AvgIpc) is 3.17. The lowest BCUT2D eigenvalue weighted by Gasteiger charge is -2.33. The average molecular weight is 280 g/mol. The van der Waals surface area contributed by atoms with E-state index in [4.69, 9.17) is 9.26 Å². The van der Waals surface area contributed by atoms with Crippen LogP contribution in [0.15, 0.2) is 4.52 Å². The van der Waals surface area contributed by atoms with Crippen LogP contribution in [0.25, 0.3) is 0 Å². The number of aliphatic hydroxyl groups excluding tert-OH is 1. The van der Waals surface area contributed by atoms with E-state index in [1.807, 2.05) is 0 Å². The highest BCUT2D eigenvalue weighted by molar-refractivity contribution is 5.01. The van der Waals surface area contributed by atoms with Crippen LogP contribution in [-0.2, 0) is 4.74 Å². The number of aromatic nitrogens is 2. The maximum absolute atomic E-state index is 9.54. The van der Waals surface area contributed by atoms with Gasteiger partial charge in [0, 0.05) is 19.1 Å². The normalized spacial score (nSPS) is 38.2. The van der Waals surface area contributed by atoms with Gasteiger partial charge in [-0.2, -0.15) is 4.98 Å². The lowest BCUT2D eigenvalue weighted by molar-refractivity contribution is -0.0548. The minimum Gasteiger partial charge on any atom is -0.392 e. The summed E-state index contributed by atoms with van der Waals surface area (Å²) in [5.41, 5.74) is 0. The van der Waals surface area contributed by atoms with Crippen molar-refractivity contribution >= 4 is 0 Å². The largest absolute Gasteiger partial charge is 0.392 e. The van der Waals surface area contributed by atoms with Crippen LogP contribution in [0, 0.1) is 0 Å². The van der Waals surface area contributed by atoms with E-state index in [1.54, 1.807) is 0 Å². The van der Waals surface area contributed by atoms with Crippen LogP contribution in [0.3, 0.4) is 0 Å². The highest BCUT2D eigenvalue weighted by Crippen LogP contribution is 2.30. The molecule has 0 radical (unpaired) electrons. The minimum atomic E-state index is -0.327. The van der Waals surface area contributed by atoms with Gasteiger partial charge in [-0.05, 0) is 25.8 Å². The van der Waals surface area contributed by atoms with Gasteiger partial charge >= 0.3 is 0 Å². The van der Waals surface area contributed by atoms with Crippen molar-refractivity contribution in [1.82, 2.24) is 20.4 Å². The molecular formula is C13H20N4O3. The predicted molar refractivity (Wildman–Crippen MR) is 69.0 cm³/mol. The molecule has 0 spiro atoms. The van der Waals surface area contributed by atoms with E-state index in [-0.39, 0.29) is 18.2 Å². The second-order valence-electron chi connectivity index (χ2n) is 5.95. The van der Waals surface area contributed by atoms with Crippen molar-refractivity contribution in [3.8, 4) is 0 Å². The third kappa shape index (κ3) is 2.24. The Labute approximate surface area is 117 Å². The molecule has 0 aromatic carbocycles. The van der Waals surface area contributed by atoms with Gasteiger partial charge in [0.15, 0.2) is 0 Å². The lowest BCUT2D eigenvalue weighted by atomic mass is 10.2. The molecule has 0 bridgehead atoms. The molecule has 0 saturated carbocycles. The lowest BCUT2D eigenvalue weighted by Crippen LogP contribution is -2.42. The van der Waals surface area contributed by atoms with Gasteiger partial charge in [-0.25, -0.2) is 0 Å². The van der Waals surface area contributed by atoms with Crippen LogP contribution in [0.1, 0.15) is 43.1 Å². The summed E-state index contributed by atoms with van der Waals surface area (Å²) in [6.07, 6.45) is 2.69. The zero-order chi connectivity index (χ0) is 13.5. The Morgan fingerprint density at radius 2 is 2.35 bits per heavy atom. The summed E-state index contributed by atoms with van der Waals surface area (Å²) in [6.45, 7) is 3.34. The number of rotatable bonds is 2. The van der Waals surface area contributed by atoms with Crippen molar-refractivity contribution in [2.75, 3.05) is 26.2 Å². The molecule has 3 aliphatic heterocycles. The molecule has 0 amide bonds. The Morgan fingerprint density at radius 1 is 1.40 bits per heavy atom.